The van der Waals surface area contributed by atoms with E-state index < -0.39 is 47.0 Å². The summed E-state index contributed by atoms with van der Waals surface area (Å²) in [7, 11) is 0. The van der Waals surface area contributed by atoms with Crippen LogP contribution in [0.3, 0.4) is 0 Å². The molecule has 1 N–H and O–H groups in total. The van der Waals surface area contributed by atoms with Crippen molar-refractivity contribution in [1.82, 2.24) is 30.3 Å². The Balaban J connectivity index is 1.88. The van der Waals surface area contributed by atoms with Gasteiger partial charge in [0.2, 0.25) is 0 Å². The monoisotopic (exact) mass is 516 g/mol. The highest BCUT2D eigenvalue weighted by Crippen LogP contribution is 2.36. The number of amides is 1. The quantitative estimate of drug-likeness (QED) is 0.375. The molecule has 3 rings (SSSR count). The van der Waals surface area contributed by atoms with Crippen LogP contribution in [0.4, 0.5) is 26.3 Å². The Morgan fingerprint density at radius 1 is 1.03 bits per heavy atom. The van der Waals surface area contributed by atoms with Crippen LogP contribution in [-0.2, 0) is 28.4 Å². The first-order valence-electron chi connectivity index (χ1n) is 10.3. The first kappa shape index (κ1) is 26.6. The molecule has 0 saturated heterocycles. The number of hydrogen-bond acceptors (Lipinski definition) is 7. The molecule has 3 aromatic rings. The number of carbonyl (C=O) groups is 2. The number of aromatic nitrogens is 5. The molecular weight excluding hydrogens is 498 g/mol. The molecule has 192 valence electrons. The van der Waals surface area contributed by atoms with Gasteiger partial charge in [-0.15, -0.1) is 5.10 Å². The van der Waals surface area contributed by atoms with E-state index in [-0.39, 0.29) is 36.3 Å². The molecule has 0 spiro atoms. The number of alkyl halides is 6. The van der Waals surface area contributed by atoms with Crippen LogP contribution >= 0.6 is 0 Å². The zero-order valence-electron chi connectivity index (χ0n) is 18.7. The fourth-order valence-corrected chi connectivity index (χ4v) is 3.12. The lowest BCUT2D eigenvalue weighted by Crippen LogP contribution is -2.28. The molecular formula is C21H18F6N6O3. The van der Waals surface area contributed by atoms with E-state index >= 15 is 0 Å². The number of nitrogens with zero attached hydrogens (tertiary/aromatic N) is 5. The van der Waals surface area contributed by atoms with E-state index in [2.05, 4.69) is 25.6 Å². The molecule has 0 aliphatic carbocycles. The standard InChI is InChI=1S/C21H18F6N6O3/c1-3-36-16(34)10-33-9-15(31-32-33)18-17(28-4-5-29-18)11(2)30-19(35)12-6-13(20(22,23)24)8-14(7-12)21(25,26)27/h4-9,11H,3,10H2,1-2H3,(H,30,35). The second-order valence-corrected chi connectivity index (χ2v) is 7.39. The van der Waals surface area contributed by atoms with Crippen LogP contribution in [0.15, 0.2) is 36.8 Å². The molecule has 1 unspecified atom stereocenters. The molecule has 2 aromatic heterocycles. The smallest absolute Gasteiger partial charge is 0.416 e. The van der Waals surface area contributed by atoms with E-state index in [9.17, 15) is 35.9 Å². The summed E-state index contributed by atoms with van der Waals surface area (Å²) in [5.41, 5.74) is -3.68. The molecule has 15 heteroatoms. The fourth-order valence-electron chi connectivity index (χ4n) is 3.12. The average molecular weight is 516 g/mol. The molecule has 0 aliphatic rings. The predicted octanol–water partition coefficient (Wildman–Crippen LogP) is 3.83. The zero-order chi connectivity index (χ0) is 26.7. The zero-order valence-corrected chi connectivity index (χ0v) is 18.7. The Morgan fingerprint density at radius 3 is 2.22 bits per heavy atom. The molecule has 1 atom stereocenters. The van der Waals surface area contributed by atoms with Crippen LogP contribution in [0.5, 0.6) is 0 Å². The number of hydrogen-bond donors (Lipinski definition) is 1. The van der Waals surface area contributed by atoms with Crippen molar-refractivity contribution in [3.63, 3.8) is 0 Å². The molecule has 1 aromatic carbocycles. The third-order valence-electron chi connectivity index (χ3n) is 4.71. The number of rotatable bonds is 7. The summed E-state index contributed by atoms with van der Waals surface area (Å²) in [6.45, 7) is 2.98. The van der Waals surface area contributed by atoms with Crippen molar-refractivity contribution in [2.24, 2.45) is 0 Å². The van der Waals surface area contributed by atoms with E-state index in [1.54, 1.807) is 6.92 Å². The van der Waals surface area contributed by atoms with Gasteiger partial charge in [-0.05, 0) is 32.0 Å². The largest absolute Gasteiger partial charge is 0.465 e. The van der Waals surface area contributed by atoms with Gasteiger partial charge in [0, 0.05) is 18.0 Å². The minimum Gasteiger partial charge on any atom is -0.465 e. The molecule has 36 heavy (non-hydrogen) atoms. The summed E-state index contributed by atoms with van der Waals surface area (Å²) in [5, 5.41) is 10.0. The molecule has 0 saturated carbocycles. The van der Waals surface area contributed by atoms with Gasteiger partial charge in [0.1, 0.15) is 17.9 Å². The summed E-state index contributed by atoms with van der Waals surface area (Å²) in [6, 6.07) is -0.424. The van der Waals surface area contributed by atoms with Crippen LogP contribution in [0.25, 0.3) is 11.4 Å². The summed E-state index contributed by atoms with van der Waals surface area (Å²) < 4.78 is 84.8. The van der Waals surface area contributed by atoms with Gasteiger partial charge < -0.3 is 10.1 Å². The third-order valence-corrected chi connectivity index (χ3v) is 4.71. The van der Waals surface area contributed by atoms with E-state index in [1.807, 2.05) is 0 Å². The maximum absolute atomic E-state index is 13.1. The number of nitrogens with one attached hydrogen (secondary N) is 1. The van der Waals surface area contributed by atoms with E-state index in [0.717, 1.165) is 0 Å². The predicted molar refractivity (Wildman–Crippen MR) is 110 cm³/mol. The molecule has 0 fully saturated rings. The van der Waals surface area contributed by atoms with Gasteiger partial charge in [0.25, 0.3) is 5.91 Å². The van der Waals surface area contributed by atoms with Crippen LogP contribution in [0.2, 0.25) is 0 Å². The number of benzene rings is 1. The fraction of sp³-hybridized carbons (Fsp3) is 0.333. The number of esters is 1. The SMILES string of the molecule is CCOC(=O)Cn1cc(-c2nccnc2C(C)NC(=O)c2cc(C(F)(F)F)cc(C(F)(F)F)c2)nn1. The first-order chi connectivity index (χ1) is 16.8. The molecule has 0 bridgehead atoms. The van der Waals surface area contributed by atoms with Crippen molar-refractivity contribution in [1.29, 1.82) is 0 Å². The summed E-state index contributed by atoms with van der Waals surface area (Å²) in [4.78, 5) is 32.5. The van der Waals surface area contributed by atoms with Crippen molar-refractivity contribution in [2.75, 3.05) is 6.61 Å². The van der Waals surface area contributed by atoms with Gasteiger partial charge in [0.15, 0.2) is 0 Å². The van der Waals surface area contributed by atoms with Gasteiger partial charge in [-0.2, -0.15) is 26.3 Å². The Hall–Kier alpha value is -4.04. The number of ether oxygens (including phenoxy) is 1. The highest BCUT2D eigenvalue weighted by atomic mass is 19.4. The van der Waals surface area contributed by atoms with Crippen LogP contribution in [0, 0.1) is 0 Å². The van der Waals surface area contributed by atoms with Crippen molar-refractivity contribution < 1.29 is 40.7 Å². The first-order valence-corrected chi connectivity index (χ1v) is 10.3. The normalized spacial score (nSPS) is 12.8. The molecule has 2 heterocycles. The van der Waals surface area contributed by atoms with Crippen LogP contribution in [-0.4, -0.2) is 43.4 Å². The van der Waals surface area contributed by atoms with Crippen molar-refractivity contribution in [2.45, 2.75) is 38.8 Å². The van der Waals surface area contributed by atoms with Crippen molar-refractivity contribution in [3.05, 3.63) is 59.2 Å². The van der Waals surface area contributed by atoms with Gasteiger partial charge >= 0.3 is 18.3 Å². The summed E-state index contributed by atoms with van der Waals surface area (Å²) in [5.74, 6) is -1.75. The van der Waals surface area contributed by atoms with Gasteiger partial charge in [-0.1, -0.05) is 5.21 Å². The summed E-state index contributed by atoms with van der Waals surface area (Å²) >= 11 is 0. The Labute approximate surface area is 199 Å². The van der Waals surface area contributed by atoms with Crippen molar-refractivity contribution in [3.8, 4) is 11.4 Å². The molecule has 1 amide bonds. The topological polar surface area (TPSA) is 112 Å². The maximum Gasteiger partial charge on any atom is 0.416 e. The van der Waals surface area contributed by atoms with E-state index in [0.29, 0.717) is 12.1 Å². The molecule has 0 aliphatic heterocycles. The lowest BCUT2D eigenvalue weighted by Gasteiger charge is -2.17. The third kappa shape index (κ3) is 6.34. The van der Waals surface area contributed by atoms with Gasteiger partial charge in [-0.25, -0.2) is 4.68 Å². The maximum atomic E-state index is 13.1. The Bertz CT molecular complexity index is 1230. The second-order valence-electron chi connectivity index (χ2n) is 7.39. The summed E-state index contributed by atoms with van der Waals surface area (Å²) in [6.07, 6.45) is -6.26. The Morgan fingerprint density at radius 2 is 1.64 bits per heavy atom. The van der Waals surface area contributed by atoms with E-state index in [1.165, 1.54) is 30.2 Å². The second kappa shape index (κ2) is 10.3. The van der Waals surface area contributed by atoms with Crippen LogP contribution in [0.1, 0.15) is 47.1 Å². The molecule has 0 radical (unpaired) electrons. The highest BCUT2D eigenvalue weighted by Gasteiger charge is 2.37. The minimum atomic E-state index is -5.10. The Kier molecular flexibility index (Phi) is 7.59. The van der Waals surface area contributed by atoms with Crippen LogP contribution < -0.4 is 5.32 Å². The highest BCUT2D eigenvalue weighted by molar-refractivity contribution is 5.95. The van der Waals surface area contributed by atoms with Crippen molar-refractivity contribution >= 4 is 11.9 Å². The lowest BCUT2D eigenvalue weighted by molar-refractivity contribution is -0.144. The lowest BCUT2D eigenvalue weighted by atomic mass is 10.0. The average Bonchev–Trinajstić information content (AvgIpc) is 3.25. The number of halogens is 6. The van der Waals surface area contributed by atoms with Gasteiger partial charge in [-0.3, -0.25) is 19.6 Å². The molecule has 9 nitrogen and oxygen atoms in total. The van der Waals surface area contributed by atoms with E-state index in [4.69, 9.17) is 4.74 Å². The minimum absolute atomic E-state index is 0.0688. The number of carbonyl (C=O) groups excluding carboxylic acids is 2. The van der Waals surface area contributed by atoms with Gasteiger partial charge in [0.05, 0.1) is 35.7 Å².